The van der Waals surface area contributed by atoms with Crippen molar-refractivity contribution in [1.82, 2.24) is 29.6 Å². The number of halogens is 4. The summed E-state index contributed by atoms with van der Waals surface area (Å²) in [6.45, 7) is 8.50. The molecule has 0 spiro atoms. The van der Waals surface area contributed by atoms with Crippen molar-refractivity contribution in [2.24, 2.45) is 7.05 Å². The van der Waals surface area contributed by atoms with Gasteiger partial charge < -0.3 is 19.4 Å². The van der Waals surface area contributed by atoms with E-state index in [0.717, 1.165) is 67.4 Å². The first kappa shape index (κ1) is 38.5. The number of aromatic amines is 1. The van der Waals surface area contributed by atoms with Gasteiger partial charge in [-0.1, -0.05) is 35.9 Å². The van der Waals surface area contributed by atoms with Crippen LogP contribution in [0.5, 0.6) is 5.88 Å². The molecule has 0 bridgehead atoms. The quantitative estimate of drug-likeness (QED) is 0.142. The number of carbonyl (C=O) groups is 1. The molecule has 8 rings (SSSR count). The molecule has 1 amide bonds. The molecule has 5 heterocycles. The molecule has 54 heavy (non-hydrogen) atoms. The number of nitrogens with zero attached hydrogens (tertiary/aromatic N) is 5. The van der Waals surface area contributed by atoms with E-state index in [1.807, 2.05) is 12.1 Å². The minimum atomic E-state index is -2.61. The summed E-state index contributed by atoms with van der Waals surface area (Å²) in [4.78, 5) is 22.2. The van der Waals surface area contributed by atoms with Crippen LogP contribution in [0.3, 0.4) is 0 Å². The van der Waals surface area contributed by atoms with E-state index in [1.165, 1.54) is 29.7 Å². The van der Waals surface area contributed by atoms with Crippen molar-refractivity contribution >= 4 is 51.2 Å². The smallest absolute Gasteiger partial charge is 0.280 e. The summed E-state index contributed by atoms with van der Waals surface area (Å²) >= 11 is 5.82. The highest BCUT2D eigenvalue weighted by atomic mass is 35.5. The number of pyridine rings is 1. The zero-order chi connectivity index (χ0) is 38.2. The number of nitrogens with one attached hydrogen (secondary N) is 2. The first-order valence-corrected chi connectivity index (χ1v) is 17.9. The lowest BCUT2D eigenvalue weighted by Crippen LogP contribution is -2.29. The Morgan fingerprint density at radius 1 is 1.07 bits per heavy atom. The maximum Gasteiger partial charge on any atom is 0.280 e. The fourth-order valence-corrected chi connectivity index (χ4v) is 6.18. The number of alkyl halides is 2. The Morgan fingerprint density at radius 3 is 2.56 bits per heavy atom. The number of aryl methyl sites for hydroxylation is 3. The Hall–Kier alpha value is -5.24. The fourth-order valence-electron chi connectivity index (χ4n) is 6.02. The van der Waals surface area contributed by atoms with E-state index in [2.05, 4.69) is 68.2 Å². The molecule has 282 valence electrons. The van der Waals surface area contributed by atoms with Crippen LogP contribution in [-0.4, -0.2) is 62.3 Å². The molecule has 2 aliphatic rings. The van der Waals surface area contributed by atoms with Gasteiger partial charge in [-0.05, 0) is 85.9 Å². The van der Waals surface area contributed by atoms with Crippen LogP contribution in [0.2, 0.25) is 5.02 Å². The van der Waals surface area contributed by atoms with Crippen molar-refractivity contribution < 1.29 is 27.4 Å². The molecular weight excluding hydrogens is 719 g/mol. The van der Waals surface area contributed by atoms with Crippen LogP contribution in [0.4, 0.5) is 18.9 Å². The number of hydrogen-bond donors (Lipinski definition) is 2. The number of amides is 1. The SMILES string of the molecule is C1COC1.Cc1cc(NC=O)cc2c(C(F)F)[nH]nc12.Cc1ccc2c(c1)nc(CN1CC=C(c3cccc(OCc4ccc(Cl)cc4F)n3)CC1)n2C. The number of fused-ring (bicyclic) bond motifs is 2. The summed E-state index contributed by atoms with van der Waals surface area (Å²) in [6, 6.07) is 19.8. The standard InChI is InChI=1S/C27H26ClFN4O.C10H9F2N3O.C3H6O/c1-18-6-9-25-24(14-18)30-26(32(25)2)16-33-12-10-19(11-13-33)23-4-3-5-27(31-23)34-17-20-7-8-21(28)15-22(20)29;1-5-2-6(13-4-16)3-7-8(5)14-15-9(7)10(11)12;1-2-4-3-1/h3-10,14-15H,11-13,16-17H2,1-2H3;2-4,10H,1H3,(H,13,16)(H,14,15);1-3H2. The maximum absolute atomic E-state index is 14.0. The number of anilines is 1. The molecule has 0 unspecified atom stereocenters. The van der Waals surface area contributed by atoms with Crippen LogP contribution in [0.25, 0.3) is 27.5 Å². The van der Waals surface area contributed by atoms with Crippen LogP contribution >= 0.6 is 11.6 Å². The number of carbonyl (C=O) groups excluding carboxylic acids is 1. The highest BCUT2D eigenvalue weighted by molar-refractivity contribution is 6.30. The van der Waals surface area contributed by atoms with Crippen LogP contribution in [-0.2, 0) is 29.7 Å². The summed E-state index contributed by atoms with van der Waals surface area (Å²) in [5, 5.41) is 9.26. The summed E-state index contributed by atoms with van der Waals surface area (Å²) in [7, 11) is 2.08. The molecule has 2 aliphatic heterocycles. The molecule has 6 aromatic rings. The number of H-pyrrole nitrogens is 1. The molecule has 10 nitrogen and oxygen atoms in total. The molecule has 0 atom stereocenters. The van der Waals surface area contributed by atoms with Gasteiger partial charge in [-0.15, -0.1) is 0 Å². The summed E-state index contributed by atoms with van der Waals surface area (Å²) in [5.41, 5.74) is 7.43. The van der Waals surface area contributed by atoms with E-state index in [4.69, 9.17) is 26.1 Å². The van der Waals surface area contributed by atoms with Gasteiger partial charge in [-0.25, -0.2) is 23.1 Å². The Labute approximate surface area is 316 Å². The zero-order valence-electron chi connectivity index (χ0n) is 30.2. The van der Waals surface area contributed by atoms with E-state index >= 15 is 0 Å². The predicted octanol–water partition coefficient (Wildman–Crippen LogP) is 8.72. The second kappa shape index (κ2) is 17.7. The van der Waals surface area contributed by atoms with Crippen LogP contribution in [0.1, 0.15) is 53.2 Å². The summed E-state index contributed by atoms with van der Waals surface area (Å²) in [5.74, 6) is 1.17. The van der Waals surface area contributed by atoms with Crippen molar-refractivity contribution in [2.75, 3.05) is 31.6 Å². The second-order valence-corrected chi connectivity index (χ2v) is 13.5. The van der Waals surface area contributed by atoms with Gasteiger partial charge in [-0.2, -0.15) is 5.10 Å². The Morgan fingerprint density at radius 2 is 1.87 bits per heavy atom. The molecule has 1 saturated heterocycles. The third-order valence-electron chi connectivity index (χ3n) is 9.13. The summed E-state index contributed by atoms with van der Waals surface area (Å²) < 4.78 is 51.9. The first-order chi connectivity index (χ1) is 26.1. The minimum Gasteiger partial charge on any atom is -0.473 e. The minimum absolute atomic E-state index is 0.101. The molecule has 0 aliphatic carbocycles. The normalized spacial score (nSPS) is 14.1. The predicted molar refractivity (Wildman–Crippen MR) is 204 cm³/mol. The maximum atomic E-state index is 14.0. The van der Waals surface area contributed by atoms with Crippen molar-refractivity contribution in [1.29, 1.82) is 0 Å². The van der Waals surface area contributed by atoms with Crippen LogP contribution in [0.15, 0.2) is 72.8 Å². The topological polar surface area (TPSA) is 110 Å². The number of hydrogen-bond acceptors (Lipinski definition) is 7. The lowest BCUT2D eigenvalue weighted by atomic mass is 10.0. The van der Waals surface area contributed by atoms with Gasteiger partial charge in [-0.3, -0.25) is 14.8 Å². The average Bonchev–Trinajstić information content (AvgIpc) is 3.69. The van der Waals surface area contributed by atoms with Gasteiger partial charge in [0.1, 0.15) is 23.9 Å². The summed E-state index contributed by atoms with van der Waals surface area (Å²) in [6.07, 6.45) is 2.28. The van der Waals surface area contributed by atoms with Gasteiger partial charge in [0.25, 0.3) is 6.43 Å². The third kappa shape index (κ3) is 9.46. The Balaban J connectivity index is 0.000000205. The number of benzene rings is 3. The van der Waals surface area contributed by atoms with Gasteiger partial charge in [0, 0.05) is 61.1 Å². The molecule has 3 aromatic carbocycles. The highest BCUT2D eigenvalue weighted by Crippen LogP contribution is 2.30. The van der Waals surface area contributed by atoms with Crippen LogP contribution < -0.4 is 10.1 Å². The molecule has 1 fully saturated rings. The molecular formula is C40H41ClF3N7O3. The molecule has 14 heteroatoms. The van der Waals surface area contributed by atoms with E-state index in [-0.39, 0.29) is 18.1 Å². The lowest BCUT2D eigenvalue weighted by molar-refractivity contribution is -0.105. The molecule has 0 saturated carbocycles. The van der Waals surface area contributed by atoms with E-state index < -0.39 is 6.43 Å². The van der Waals surface area contributed by atoms with Crippen molar-refractivity contribution in [2.45, 2.75) is 46.3 Å². The molecule has 0 radical (unpaired) electrons. The highest BCUT2D eigenvalue weighted by Gasteiger charge is 2.19. The van der Waals surface area contributed by atoms with Gasteiger partial charge >= 0.3 is 0 Å². The van der Waals surface area contributed by atoms with E-state index in [9.17, 15) is 18.0 Å². The van der Waals surface area contributed by atoms with Crippen LogP contribution in [0, 0.1) is 19.7 Å². The van der Waals surface area contributed by atoms with Crippen molar-refractivity contribution in [3.63, 3.8) is 0 Å². The largest absolute Gasteiger partial charge is 0.473 e. The van der Waals surface area contributed by atoms with Gasteiger partial charge in [0.15, 0.2) is 0 Å². The number of rotatable bonds is 9. The molecule has 2 N–H and O–H groups in total. The number of ether oxygens (including phenoxy) is 2. The lowest BCUT2D eigenvalue weighted by Gasteiger charge is -2.25. The van der Waals surface area contributed by atoms with E-state index in [0.29, 0.717) is 39.5 Å². The third-order valence-corrected chi connectivity index (χ3v) is 9.37. The number of aromatic nitrogens is 5. The Kier molecular flexibility index (Phi) is 12.6. The van der Waals surface area contributed by atoms with Crippen molar-refractivity contribution in [3.05, 3.63) is 118 Å². The number of imidazole rings is 1. The average molecular weight is 760 g/mol. The monoisotopic (exact) mass is 759 g/mol. The zero-order valence-corrected chi connectivity index (χ0v) is 31.0. The first-order valence-electron chi connectivity index (χ1n) is 17.5. The van der Waals surface area contributed by atoms with Gasteiger partial charge in [0.05, 0.1) is 28.8 Å². The fraction of sp³-hybridized carbons (Fsp3) is 0.300. The van der Waals surface area contributed by atoms with Gasteiger partial charge in [0.2, 0.25) is 12.3 Å². The van der Waals surface area contributed by atoms with Crippen molar-refractivity contribution in [3.8, 4) is 5.88 Å². The second-order valence-electron chi connectivity index (χ2n) is 13.0. The Bertz CT molecular complexity index is 2270. The molecule has 3 aromatic heterocycles. The van der Waals surface area contributed by atoms with E-state index in [1.54, 1.807) is 31.2 Å².